The zero-order valence-corrected chi connectivity index (χ0v) is 12.5. The number of nitrogens with zero attached hydrogens (tertiary/aromatic N) is 2. The first-order chi connectivity index (χ1) is 9.69. The van der Waals surface area contributed by atoms with Crippen molar-refractivity contribution in [3.8, 4) is 6.07 Å². The number of thiophene rings is 1. The molecule has 0 radical (unpaired) electrons. The standard InChI is InChI=1S/C13H8FN3S3/c14-8-3-1-7(2-4-8)6-18-13-10-11(16)9(5-15)19-12(10)17-20-13/h1-4H,6,16H2. The van der Waals surface area contributed by atoms with E-state index in [1.165, 1.54) is 35.0 Å². The molecule has 0 bridgehead atoms. The summed E-state index contributed by atoms with van der Waals surface area (Å²) in [4.78, 5) is 1.32. The van der Waals surface area contributed by atoms with Crippen LogP contribution in [0.1, 0.15) is 10.4 Å². The molecule has 1 aromatic carbocycles. The molecule has 0 spiro atoms. The van der Waals surface area contributed by atoms with Gasteiger partial charge < -0.3 is 5.73 Å². The normalized spacial score (nSPS) is 10.8. The van der Waals surface area contributed by atoms with Crippen LogP contribution in [-0.4, -0.2) is 4.37 Å². The predicted molar refractivity (Wildman–Crippen MR) is 82.6 cm³/mol. The van der Waals surface area contributed by atoms with Crippen molar-refractivity contribution in [2.45, 2.75) is 9.96 Å². The molecule has 2 aromatic heterocycles. The van der Waals surface area contributed by atoms with E-state index in [1.54, 1.807) is 23.9 Å². The van der Waals surface area contributed by atoms with Gasteiger partial charge in [-0.3, -0.25) is 0 Å². The van der Waals surface area contributed by atoms with Crippen LogP contribution in [0.5, 0.6) is 0 Å². The number of fused-ring (bicyclic) bond motifs is 1. The molecule has 0 atom stereocenters. The molecule has 100 valence electrons. The lowest BCUT2D eigenvalue weighted by Crippen LogP contribution is -1.85. The summed E-state index contributed by atoms with van der Waals surface area (Å²) in [5.74, 6) is 0.481. The molecule has 3 nitrogen and oxygen atoms in total. The molecule has 0 aliphatic carbocycles. The minimum atomic E-state index is -0.236. The van der Waals surface area contributed by atoms with Gasteiger partial charge in [-0.1, -0.05) is 12.1 Å². The Balaban J connectivity index is 1.86. The molecular weight excluding hydrogens is 313 g/mol. The minimum absolute atomic E-state index is 0.236. The molecule has 3 aromatic rings. The van der Waals surface area contributed by atoms with E-state index in [1.807, 2.05) is 0 Å². The molecule has 3 rings (SSSR count). The zero-order chi connectivity index (χ0) is 14.1. The highest BCUT2D eigenvalue weighted by molar-refractivity contribution is 8.00. The van der Waals surface area contributed by atoms with Crippen LogP contribution < -0.4 is 5.73 Å². The van der Waals surface area contributed by atoms with Crippen molar-refractivity contribution in [3.63, 3.8) is 0 Å². The van der Waals surface area contributed by atoms with Crippen LogP contribution in [0.2, 0.25) is 0 Å². The van der Waals surface area contributed by atoms with Gasteiger partial charge in [0.15, 0.2) is 0 Å². The van der Waals surface area contributed by atoms with Gasteiger partial charge in [0.1, 0.15) is 21.6 Å². The molecular formula is C13H8FN3S3. The number of thioether (sulfide) groups is 1. The number of rotatable bonds is 3. The maximum atomic E-state index is 12.8. The van der Waals surface area contributed by atoms with E-state index in [0.29, 0.717) is 10.6 Å². The lowest BCUT2D eigenvalue weighted by Gasteiger charge is -2.00. The highest BCUT2D eigenvalue weighted by atomic mass is 32.2. The second kappa shape index (κ2) is 5.40. The molecule has 7 heteroatoms. The Morgan fingerprint density at radius 3 is 2.80 bits per heavy atom. The first-order valence-corrected chi connectivity index (χ1v) is 8.21. The lowest BCUT2D eigenvalue weighted by atomic mass is 10.2. The van der Waals surface area contributed by atoms with Gasteiger partial charge in [0.25, 0.3) is 0 Å². The summed E-state index contributed by atoms with van der Waals surface area (Å²) in [6.07, 6.45) is 0. The number of benzene rings is 1. The van der Waals surface area contributed by atoms with Crippen molar-refractivity contribution in [3.05, 3.63) is 40.5 Å². The smallest absolute Gasteiger partial charge is 0.141 e. The van der Waals surface area contributed by atoms with Crippen molar-refractivity contribution < 1.29 is 4.39 Å². The zero-order valence-electron chi connectivity index (χ0n) is 10.1. The van der Waals surface area contributed by atoms with Crippen LogP contribution >= 0.6 is 34.6 Å². The quantitative estimate of drug-likeness (QED) is 0.733. The van der Waals surface area contributed by atoms with Gasteiger partial charge in [-0.25, -0.2) is 4.39 Å². The Hall–Kier alpha value is -1.62. The van der Waals surface area contributed by atoms with Crippen molar-refractivity contribution >= 4 is 50.5 Å². The van der Waals surface area contributed by atoms with Crippen molar-refractivity contribution in [2.75, 3.05) is 5.73 Å². The SMILES string of the molecule is N#Cc1sc2nsc(SCc3ccc(F)cc3)c2c1N. The van der Waals surface area contributed by atoms with Gasteiger partial charge in [0, 0.05) is 5.75 Å². The van der Waals surface area contributed by atoms with Crippen molar-refractivity contribution in [1.82, 2.24) is 4.37 Å². The summed E-state index contributed by atoms with van der Waals surface area (Å²) in [6, 6.07) is 8.51. The second-order valence-electron chi connectivity index (χ2n) is 4.02. The molecule has 0 saturated heterocycles. The molecule has 0 aliphatic rings. The lowest BCUT2D eigenvalue weighted by molar-refractivity contribution is 0.627. The largest absolute Gasteiger partial charge is 0.396 e. The van der Waals surface area contributed by atoms with E-state index in [2.05, 4.69) is 10.4 Å². The maximum Gasteiger partial charge on any atom is 0.141 e. The highest BCUT2D eigenvalue weighted by Gasteiger charge is 2.16. The van der Waals surface area contributed by atoms with Gasteiger partial charge in [0.2, 0.25) is 0 Å². The number of hydrogen-bond acceptors (Lipinski definition) is 6. The summed E-state index contributed by atoms with van der Waals surface area (Å²) >= 11 is 4.31. The highest BCUT2D eigenvalue weighted by Crippen LogP contribution is 2.42. The second-order valence-corrected chi connectivity index (χ2v) is 7.04. The molecule has 2 N–H and O–H groups in total. The van der Waals surface area contributed by atoms with Crippen LogP contribution in [0.3, 0.4) is 0 Å². The maximum absolute atomic E-state index is 12.8. The van der Waals surface area contributed by atoms with Crippen LogP contribution in [0.15, 0.2) is 28.5 Å². The predicted octanol–water partition coefficient (Wildman–Crippen LogP) is 4.24. The third kappa shape index (κ3) is 2.38. The van der Waals surface area contributed by atoms with Crippen LogP contribution in [0.4, 0.5) is 10.1 Å². The third-order valence-corrected chi connectivity index (χ3v) is 6.01. The van der Waals surface area contributed by atoms with Gasteiger partial charge in [-0.05, 0) is 29.2 Å². The van der Waals surface area contributed by atoms with Crippen LogP contribution in [-0.2, 0) is 5.75 Å². The van der Waals surface area contributed by atoms with E-state index in [9.17, 15) is 4.39 Å². The summed E-state index contributed by atoms with van der Waals surface area (Å²) in [5, 5.41) is 9.85. The topological polar surface area (TPSA) is 62.7 Å². The fourth-order valence-corrected chi connectivity index (χ4v) is 4.78. The molecule has 20 heavy (non-hydrogen) atoms. The number of aromatic nitrogens is 1. The van der Waals surface area contributed by atoms with Crippen molar-refractivity contribution in [2.24, 2.45) is 0 Å². The van der Waals surface area contributed by atoms with Crippen LogP contribution in [0, 0.1) is 17.1 Å². The Morgan fingerprint density at radius 1 is 1.35 bits per heavy atom. The number of anilines is 1. The summed E-state index contributed by atoms with van der Waals surface area (Å²) < 4.78 is 18.2. The Bertz CT molecular complexity index is 799. The Kier molecular flexibility index (Phi) is 3.61. The van der Waals surface area contributed by atoms with E-state index < -0.39 is 0 Å². The van der Waals surface area contributed by atoms with Crippen molar-refractivity contribution in [1.29, 1.82) is 5.26 Å². The fourth-order valence-electron chi connectivity index (χ4n) is 1.73. The van der Waals surface area contributed by atoms with E-state index in [4.69, 9.17) is 11.0 Å². The summed E-state index contributed by atoms with van der Waals surface area (Å²) in [7, 11) is 0. The average molecular weight is 321 g/mol. The summed E-state index contributed by atoms with van der Waals surface area (Å²) in [5.41, 5.74) is 7.53. The van der Waals surface area contributed by atoms with E-state index in [0.717, 1.165) is 25.7 Å². The third-order valence-electron chi connectivity index (χ3n) is 2.73. The number of nitrogen functional groups attached to an aromatic ring is 1. The number of nitriles is 1. The minimum Gasteiger partial charge on any atom is -0.396 e. The van der Waals surface area contributed by atoms with E-state index >= 15 is 0 Å². The fraction of sp³-hybridized carbons (Fsp3) is 0.0769. The molecule has 2 heterocycles. The van der Waals surface area contributed by atoms with E-state index in [-0.39, 0.29) is 5.82 Å². The number of hydrogen-bond donors (Lipinski definition) is 1. The first-order valence-electron chi connectivity index (χ1n) is 5.64. The first kappa shape index (κ1) is 13.4. The molecule has 0 aliphatic heterocycles. The molecule has 0 amide bonds. The van der Waals surface area contributed by atoms with Gasteiger partial charge in [-0.15, -0.1) is 23.1 Å². The Morgan fingerprint density at radius 2 is 2.10 bits per heavy atom. The molecule has 0 unspecified atom stereocenters. The number of halogens is 1. The Labute approximate surface area is 127 Å². The van der Waals surface area contributed by atoms with Gasteiger partial charge >= 0.3 is 0 Å². The van der Waals surface area contributed by atoms with Gasteiger partial charge in [0.05, 0.1) is 15.3 Å². The monoisotopic (exact) mass is 321 g/mol. The molecule has 0 fully saturated rings. The molecule has 0 saturated carbocycles. The summed E-state index contributed by atoms with van der Waals surface area (Å²) in [6.45, 7) is 0. The number of nitrogens with two attached hydrogens (primary N) is 1. The van der Waals surface area contributed by atoms with Gasteiger partial charge in [-0.2, -0.15) is 9.64 Å². The van der Waals surface area contributed by atoms with Crippen LogP contribution in [0.25, 0.3) is 10.2 Å². The average Bonchev–Trinajstić information content (AvgIpc) is 2.99.